The molecule has 0 saturated carbocycles. The topological polar surface area (TPSA) is 29.1 Å². The van der Waals surface area contributed by atoms with Crippen molar-refractivity contribution >= 4 is 17.2 Å². The number of hydrogen-bond acceptors (Lipinski definition) is 2. The van der Waals surface area contributed by atoms with Crippen molar-refractivity contribution in [1.82, 2.24) is 5.32 Å². The van der Waals surface area contributed by atoms with Crippen molar-refractivity contribution in [3.63, 3.8) is 0 Å². The molecule has 17 heavy (non-hydrogen) atoms. The van der Waals surface area contributed by atoms with E-state index in [0.717, 1.165) is 4.88 Å². The minimum Gasteiger partial charge on any atom is -0.351 e. The molecular formula is C14H15NOS. The molecule has 1 amide bonds. The lowest BCUT2D eigenvalue weighted by atomic mass is 10.0. The van der Waals surface area contributed by atoms with Gasteiger partial charge in [-0.15, -0.1) is 11.3 Å². The summed E-state index contributed by atoms with van der Waals surface area (Å²) in [4.78, 5) is 12.5. The van der Waals surface area contributed by atoms with E-state index in [1.54, 1.807) is 0 Å². The normalized spacial score (nSPS) is 12.1. The van der Waals surface area contributed by atoms with Crippen molar-refractivity contribution < 1.29 is 4.79 Å². The molecule has 0 saturated heterocycles. The summed E-state index contributed by atoms with van der Waals surface area (Å²) < 4.78 is 0. The Hall–Kier alpha value is -1.61. The van der Waals surface area contributed by atoms with Gasteiger partial charge in [-0.3, -0.25) is 4.79 Å². The SMILES string of the molecule is C[C@H](CNC(=O)c1cccs1)c1ccccc1. The zero-order valence-corrected chi connectivity index (χ0v) is 10.5. The average Bonchev–Trinajstić information content (AvgIpc) is 2.90. The van der Waals surface area contributed by atoms with E-state index in [-0.39, 0.29) is 5.91 Å². The number of benzene rings is 1. The molecule has 0 aliphatic rings. The molecule has 0 unspecified atom stereocenters. The largest absolute Gasteiger partial charge is 0.351 e. The van der Waals surface area contributed by atoms with Crippen LogP contribution in [0.3, 0.4) is 0 Å². The van der Waals surface area contributed by atoms with E-state index in [1.165, 1.54) is 16.9 Å². The average molecular weight is 245 g/mol. The Labute approximate surface area is 105 Å². The molecule has 3 heteroatoms. The lowest BCUT2D eigenvalue weighted by Gasteiger charge is -2.12. The Balaban J connectivity index is 1.89. The zero-order chi connectivity index (χ0) is 12.1. The Bertz CT molecular complexity index is 464. The molecule has 88 valence electrons. The third-order valence-electron chi connectivity index (χ3n) is 2.68. The Morgan fingerprint density at radius 3 is 2.65 bits per heavy atom. The van der Waals surface area contributed by atoms with Crippen LogP contribution in [0.25, 0.3) is 0 Å². The van der Waals surface area contributed by atoms with Gasteiger partial charge in [0.1, 0.15) is 0 Å². The van der Waals surface area contributed by atoms with Crippen molar-refractivity contribution in [3.05, 3.63) is 58.3 Å². The third kappa shape index (κ3) is 3.17. The van der Waals surface area contributed by atoms with Crippen LogP contribution in [-0.2, 0) is 0 Å². The first-order valence-electron chi connectivity index (χ1n) is 5.64. The van der Waals surface area contributed by atoms with E-state index < -0.39 is 0 Å². The maximum atomic E-state index is 11.7. The molecule has 0 radical (unpaired) electrons. The second-order valence-electron chi connectivity index (χ2n) is 4.00. The minimum atomic E-state index is 0.0165. The highest BCUT2D eigenvalue weighted by atomic mass is 32.1. The van der Waals surface area contributed by atoms with E-state index in [0.29, 0.717) is 12.5 Å². The molecule has 1 N–H and O–H groups in total. The highest BCUT2D eigenvalue weighted by Gasteiger charge is 2.09. The van der Waals surface area contributed by atoms with E-state index >= 15 is 0 Å². The summed E-state index contributed by atoms with van der Waals surface area (Å²) in [6.07, 6.45) is 0. The Morgan fingerprint density at radius 2 is 2.00 bits per heavy atom. The van der Waals surface area contributed by atoms with Crippen molar-refractivity contribution in [3.8, 4) is 0 Å². The third-order valence-corrected chi connectivity index (χ3v) is 3.55. The molecule has 0 aliphatic heterocycles. The van der Waals surface area contributed by atoms with Crippen LogP contribution in [0.2, 0.25) is 0 Å². The summed E-state index contributed by atoms with van der Waals surface area (Å²) in [5.41, 5.74) is 1.25. The molecule has 2 nitrogen and oxygen atoms in total. The maximum absolute atomic E-state index is 11.7. The van der Waals surface area contributed by atoms with Gasteiger partial charge in [0.15, 0.2) is 0 Å². The summed E-state index contributed by atoms with van der Waals surface area (Å²) in [6, 6.07) is 13.9. The number of nitrogens with one attached hydrogen (secondary N) is 1. The van der Waals surface area contributed by atoms with Crippen molar-refractivity contribution in [2.75, 3.05) is 6.54 Å². The minimum absolute atomic E-state index is 0.0165. The first kappa shape index (κ1) is 11.9. The molecular weight excluding hydrogens is 230 g/mol. The van der Waals surface area contributed by atoms with Crippen LogP contribution in [0.4, 0.5) is 0 Å². The van der Waals surface area contributed by atoms with Gasteiger partial charge in [0.2, 0.25) is 0 Å². The lowest BCUT2D eigenvalue weighted by Crippen LogP contribution is -2.26. The highest BCUT2D eigenvalue weighted by molar-refractivity contribution is 7.12. The quantitative estimate of drug-likeness (QED) is 0.880. The van der Waals surface area contributed by atoms with Gasteiger partial charge >= 0.3 is 0 Å². The van der Waals surface area contributed by atoms with Gasteiger partial charge in [-0.1, -0.05) is 43.3 Å². The molecule has 0 spiro atoms. The highest BCUT2D eigenvalue weighted by Crippen LogP contribution is 2.14. The van der Waals surface area contributed by atoms with Crippen molar-refractivity contribution in [2.24, 2.45) is 0 Å². The van der Waals surface area contributed by atoms with Crippen LogP contribution in [-0.4, -0.2) is 12.5 Å². The molecule has 1 atom stereocenters. The number of carbonyl (C=O) groups is 1. The number of thiophene rings is 1. The first-order chi connectivity index (χ1) is 8.27. The molecule has 0 aliphatic carbocycles. The Kier molecular flexibility index (Phi) is 3.94. The molecule has 1 aromatic heterocycles. The van der Waals surface area contributed by atoms with Gasteiger partial charge < -0.3 is 5.32 Å². The second kappa shape index (κ2) is 5.64. The summed E-state index contributed by atoms with van der Waals surface area (Å²) >= 11 is 1.47. The van der Waals surface area contributed by atoms with Crippen LogP contribution in [0.15, 0.2) is 47.8 Å². The lowest BCUT2D eigenvalue weighted by molar-refractivity contribution is 0.0955. The molecule has 0 bridgehead atoms. The van der Waals surface area contributed by atoms with Crippen molar-refractivity contribution in [1.29, 1.82) is 0 Å². The summed E-state index contributed by atoms with van der Waals surface area (Å²) in [7, 11) is 0. The second-order valence-corrected chi connectivity index (χ2v) is 4.95. The number of amides is 1. The van der Waals surface area contributed by atoms with Crippen LogP contribution >= 0.6 is 11.3 Å². The summed E-state index contributed by atoms with van der Waals surface area (Å²) in [6.45, 7) is 2.78. The van der Waals surface area contributed by atoms with Crippen LogP contribution in [0.1, 0.15) is 28.1 Å². The van der Waals surface area contributed by atoms with E-state index in [1.807, 2.05) is 35.7 Å². The molecule has 2 aromatic rings. The zero-order valence-electron chi connectivity index (χ0n) is 9.72. The fourth-order valence-electron chi connectivity index (χ4n) is 1.64. The van der Waals surface area contributed by atoms with Gasteiger partial charge in [0.25, 0.3) is 5.91 Å². The monoisotopic (exact) mass is 245 g/mol. The van der Waals surface area contributed by atoms with Crippen LogP contribution in [0.5, 0.6) is 0 Å². The number of hydrogen-bond donors (Lipinski definition) is 1. The predicted molar refractivity (Wildman–Crippen MR) is 71.5 cm³/mol. The standard InChI is InChI=1S/C14H15NOS/c1-11(12-6-3-2-4-7-12)10-15-14(16)13-8-5-9-17-13/h2-9,11H,10H2,1H3,(H,15,16)/t11-/m1/s1. The molecule has 1 aromatic carbocycles. The molecule has 2 rings (SSSR count). The number of rotatable bonds is 4. The van der Waals surface area contributed by atoms with E-state index in [9.17, 15) is 4.79 Å². The van der Waals surface area contributed by atoms with Gasteiger partial charge in [0, 0.05) is 6.54 Å². The van der Waals surface area contributed by atoms with Crippen molar-refractivity contribution in [2.45, 2.75) is 12.8 Å². The fourth-order valence-corrected chi connectivity index (χ4v) is 2.28. The molecule has 0 fully saturated rings. The molecule has 1 heterocycles. The van der Waals surface area contributed by atoms with Crippen LogP contribution < -0.4 is 5.32 Å². The summed E-state index contributed by atoms with van der Waals surface area (Å²) in [5, 5.41) is 4.87. The van der Waals surface area contributed by atoms with Crippen LogP contribution in [0, 0.1) is 0 Å². The maximum Gasteiger partial charge on any atom is 0.261 e. The van der Waals surface area contributed by atoms with Gasteiger partial charge in [-0.2, -0.15) is 0 Å². The smallest absolute Gasteiger partial charge is 0.261 e. The summed E-state index contributed by atoms with van der Waals surface area (Å²) in [5.74, 6) is 0.350. The fraction of sp³-hybridized carbons (Fsp3) is 0.214. The van der Waals surface area contributed by atoms with E-state index in [4.69, 9.17) is 0 Å². The number of carbonyl (C=O) groups excluding carboxylic acids is 1. The van der Waals surface area contributed by atoms with E-state index in [2.05, 4.69) is 24.4 Å². The first-order valence-corrected chi connectivity index (χ1v) is 6.52. The van der Waals surface area contributed by atoms with Gasteiger partial charge in [0.05, 0.1) is 4.88 Å². The Morgan fingerprint density at radius 1 is 1.24 bits per heavy atom. The van der Waals surface area contributed by atoms with Gasteiger partial charge in [-0.25, -0.2) is 0 Å². The van der Waals surface area contributed by atoms with Gasteiger partial charge in [-0.05, 0) is 22.9 Å². The predicted octanol–water partition coefficient (Wildman–Crippen LogP) is 3.28.